The first-order chi connectivity index (χ1) is 8.74. The standard InChI is InChI=1S/C16H23NO/c1-13-3-2-4-15(11-13)12-16(18)6-5-14-7-9-17-10-8-14/h2-4,11,14,17H,5-10,12H2,1H3. The highest BCUT2D eigenvalue weighted by Gasteiger charge is 2.14. The Labute approximate surface area is 110 Å². The summed E-state index contributed by atoms with van der Waals surface area (Å²) in [5.41, 5.74) is 2.39. The largest absolute Gasteiger partial charge is 0.317 e. The topological polar surface area (TPSA) is 29.1 Å². The summed E-state index contributed by atoms with van der Waals surface area (Å²) in [5.74, 6) is 1.15. The predicted molar refractivity (Wildman–Crippen MR) is 74.7 cm³/mol. The van der Waals surface area contributed by atoms with Crippen molar-refractivity contribution in [3.8, 4) is 0 Å². The Hall–Kier alpha value is -1.15. The number of carbonyl (C=O) groups is 1. The lowest BCUT2D eigenvalue weighted by Gasteiger charge is -2.22. The lowest BCUT2D eigenvalue weighted by Crippen LogP contribution is -2.28. The van der Waals surface area contributed by atoms with Crippen LogP contribution in [0.15, 0.2) is 24.3 Å². The predicted octanol–water partition coefficient (Wildman–Crippen LogP) is 2.89. The average Bonchev–Trinajstić information content (AvgIpc) is 2.38. The third-order valence-corrected chi connectivity index (χ3v) is 3.77. The van der Waals surface area contributed by atoms with Gasteiger partial charge in [0.15, 0.2) is 0 Å². The Morgan fingerprint density at radius 2 is 2.11 bits per heavy atom. The van der Waals surface area contributed by atoms with E-state index in [1.807, 2.05) is 6.07 Å². The fourth-order valence-electron chi connectivity index (χ4n) is 2.67. The molecule has 0 unspecified atom stereocenters. The van der Waals surface area contributed by atoms with Crippen molar-refractivity contribution in [1.29, 1.82) is 0 Å². The van der Waals surface area contributed by atoms with Gasteiger partial charge in [0.05, 0.1) is 0 Å². The molecule has 1 saturated heterocycles. The van der Waals surface area contributed by atoms with E-state index in [1.165, 1.54) is 18.4 Å². The van der Waals surface area contributed by atoms with Crippen LogP contribution in [0.2, 0.25) is 0 Å². The van der Waals surface area contributed by atoms with E-state index in [4.69, 9.17) is 0 Å². The van der Waals surface area contributed by atoms with E-state index in [9.17, 15) is 4.79 Å². The van der Waals surface area contributed by atoms with Crippen molar-refractivity contribution in [3.05, 3.63) is 35.4 Å². The Kier molecular flexibility index (Phi) is 4.94. The minimum absolute atomic E-state index is 0.388. The van der Waals surface area contributed by atoms with Gasteiger partial charge in [0.2, 0.25) is 0 Å². The molecule has 18 heavy (non-hydrogen) atoms. The molecule has 0 bridgehead atoms. The van der Waals surface area contributed by atoms with Crippen LogP contribution in [0, 0.1) is 12.8 Å². The van der Waals surface area contributed by atoms with Gasteiger partial charge in [-0.05, 0) is 50.8 Å². The summed E-state index contributed by atoms with van der Waals surface area (Å²) in [6.07, 6.45) is 4.90. The summed E-state index contributed by atoms with van der Waals surface area (Å²) in [6, 6.07) is 8.27. The Bertz CT molecular complexity index is 394. The monoisotopic (exact) mass is 245 g/mol. The van der Waals surface area contributed by atoms with Crippen LogP contribution >= 0.6 is 0 Å². The molecule has 2 rings (SSSR count). The van der Waals surface area contributed by atoms with Crippen molar-refractivity contribution in [2.45, 2.75) is 39.0 Å². The molecule has 1 aliphatic heterocycles. The van der Waals surface area contributed by atoms with Gasteiger partial charge < -0.3 is 5.32 Å². The van der Waals surface area contributed by atoms with E-state index >= 15 is 0 Å². The van der Waals surface area contributed by atoms with Crippen LogP contribution in [0.1, 0.15) is 36.8 Å². The zero-order chi connectivity index (χ0) is 12.8. The second kappa shape index (κ2) is 6.69. The first-order valence-corrected chi connectivity index (χ1v) is 7.02. The Morgan fingerprint density at radius 1 is 1.33 bits per heavy atom. The van der Waals surface area contributed by atoms with Crippen LogP contribution in [-0.2, 0) is 11.2 Å². The number of piperidine rings is 1. The third-order valence-electron chi connectivity index (χ3n) is 3.77. The molecule has 1 aromatic carbocycles. The first-order valence-electron chi connectivity index (χ1n) is 7.02. The van der Waals surface area contributed by atoms with Gasteiger partial charge in [-0.3, -0.25) is 4.79 Å². The van der Waals surface area contributed by atoms with Crippen LogP contribution in [0.5, 0.6) is 0 Å². The average molecular weight is 245 g/mol. The van der Waals surface area contributed by atoms with Gasteiger partial charge in [0.25, 0.3) is 0 Å². The van der Waals surface area contributed by atoms with Gasteiger partial charge in [-0.25, -0.2) is 0 Å². The lowest BCUT2D eigenvalue weighted by molar-refractivity contribution is -0.118. The van der Waals surface area contributed by atoms with E-state index in [0.717, 1.165) is 37.4 Å². The second-order valence-electron chi connectivity index (χ2n) is 5.44. The SMILES string of the molecule is Cc1cccc(CC(=O)CCC2CCNCC2)c1. The molecule has 0 aliphatic carbocycles. The molecule has 0 aromatic heterocycles. The number of hydrogen-bond acceptors (Lipinski definition) is 2. The van der Waals surface area contributed by atoms with Crippen molar-refractivity contribution >= 4 is 5.78 Å². The van der Waals surface area contributed by atoms with Crippen LogP contribution in [0.4, 0.5) is 0 Å². The Morgan fingerprint density at radius 3 is 2.83 bits per heavy atom. The highest BCUT2D eigenvalue weighted by atomic mass is 16.1. The zero-order valence-corrected chi connectivity index (χ0v) is 11.2. The van der Waals surface area contributed by atoms with E-state index < -0.39 is 0 Å². The quantitative estimate of drug-likeness (QED) is 0.864. The maximum atomic E-state index is 12.0. The molecule has 0 amide bonds. The fraction of sp³-hybridized carbons (Fsp3) is 0.562. The number of carbonyl (C=O) groups excluding carboxylic acids is 1. The smallest absolute Gasteiger partial charge is 0.137 e. The number of ketones is 1. The summed E-state index contributed by atoms with van der Waals surface area (Å²) in [7, 11) is 0. The molecule has 1 aromatic rings. The van der Waals surface area contributed by atoms with Crippen molar-refractivity contribution in [1.82, 2.24) is 5.32 Å². The summed E-state index contributed by atoms with van der Waals surface area (Å²) >= 11 is 0. The second-order valence-corrected chi connectivity index (χ2v) is 5.44. The molecule has 0 saturated carbocycles. The maximum absolute atomic E-state index is 12.0. The molecule has 98 valence electrons. The maximum Gasteiger partial charge on any atom is 0.137 e. The summed E-state index contributed by atoms with van der Waals surface area (Å²) in [6.45, 7) is 4.32. The van der Waals surface area contributed by atoms with Crippen molar-refractivity contribution in [3.63, 3.8) is 0 Å². The Balaban J connectivity index is 1.74. The van der Waals surface area contributed by atoms with Crippen LogP contribution in [0.25, 0.3) is 0 Å². The molecule has 1 aliphatic rings. The van der Waals surface area contributed by atoms with E-state index in [2.05, 4.69) is 30.4 Å². The van der Waals surface area contributed by atoms with Gasteiger partial charge >= 0.3 is 0 Å². The van der Waals surface area contributed by atoms with Crippen molar-refractivity contribution in [2.75, 3.05) is 13.1 Å². The highest BCUT2D eigenvalue weighted by molar-refractivity contribution is 5.80. The minimum Gasteiger partial charge on any atom is -0.317 e. The lowest BCUT2D eigenvalue weighted by atomic mass is 9.91. The molecule has 2 nitrogen and oxygen atoms in total. The normalized spacial score (nSPS) is 16.7. The van der Waals surface area contributed by atoms with Crippen LogP contribution < -0.4 is 5.32 Å². The number of hydrogen-bond donors (Lipinski definition) is 1. The molecule has 2 heteroatoms. The van der Waals surface area contributed by atoms with E-state index in [1.54, 1.807) is 0 Å². The molecular weight excluding hydrogens is 222 g/mol. The minimum atomic E-state index is 0.388. The van der Waals surface area contributed by atoms with Gasteiger partial charge in [0.1, 0.15) is 5.78 Å². The number of Topliss-reactive ketones (excluding diaryl/α,β-unsaturated/α-hetero) is 1. The molecule has 0 atom stereocenters. The van der Waals surface area contributed by atoms with Crippen LogP contribution in [-0.4, -0.2) is 18.9 Å². The number of aryl methyl sites for hydroxylation is 1. The van der Waals surface area contributed by atoms with Gasteiger partial charge in [-0.2, -0.15) is 0 Å². The van der Waals surface area contributed by atoms with E-state index in [0.29, 0.717) is 12.2 Å². The molecule has 0 spiro atoms. The molecular formula is C16H23NO. The molecule has 1 N–H and O–H groups in total. The number of rotatable bonds is 5. The number of nitrogens with one attached hydrogen (secondary N) is 1. The fourth-order valence-corrected chi connectivity index (χ4v) is 2.67. The molecule has 0 radical (unpaired) electrons. The zero-order valence-electron chi connectivity index (χ0n) is 11.2. The van der Waals surface area contributed by atoms with Crippen molar-refractivity contribution in [2.24, 2.45) is 5.92 Å². The van der Waals surface area contributed by atoms with Gasteiger partial charge in [-0.1, -0.05) is 29.8 Å². The van der Waals surface area contributed by atoms with Gasteiger partial charge in [-0.15, -0.1) is 0 Å². The van der Waals surface area contributed by atoms with Gasteiger partial charge in [0, 0.05) is 12.8 Å². The first kappa shape index (κ1) is 13.3. The molecule has 1 fully saturated rings. The number of benzene rings is 1. The summed E-state index contributed by atoms with van der Waals surface area (Å²) < 4.78 is 0. The summed E-state index contributed by atoms with van der Waals surface area (Å²) in [5, 5.41) is 3.36. The van der Waals surface area contributed by atoms with Crippen molar-refractivity contribution < 1.29 is 4.79 Å². The third kappa shape index (κ3) is 4.26. The van der Waals surface area contributed by atoms with Crippen LogP contribution in [0.3, 0.4) is 0 Å². The van der Waals surface area contributed by atoms with E-state index in [-0.39, 0.29) is 0 Å². The highest BCUT2D eigenvalue weighted by Crippen LogP contribution is 2.18. The molecule has 1 heterocycles. The summed E-state index contributed by atoms with van der Waals surface area (Å²) in [4.78, 5) is 12.0.